The van der Waals surface area contributed by atoms with Gasteiger partial charge in [-0.2, -0.15) is 0 Å². The van der Waals surface area contributed by atoms with Crippen molar-refractivity contribution in [1.29, 1.82) is 0 Å². The highest BCUT2D eigenvalue weighted by molar-refractivity contribution is 5.69. The van der Waals surface area contributed by atoms with Gasteiger partial charge in [0, 0.05) is 6.42 Å². The maximum Gasteiger partial charge on any atom is 0.305 e. The molecule has 0 radical (unpaired) electrons. The zero-order valence-electron chi connectivity index (χ0n) is 17.6. The molecule has 0 unspecified atom stereocenters. The second-order valence-corrected chi connectivity index (χ2v) is 8.10. The van der Waals surface area contributed by atoms with Crippen LogP contribution in [0.1, 0.15) is 130 Å². The molecule has 150 valence electrons. The minimum Gasteiger partial charge on any atom is -0.466 e. The van der Waals surface area contributed by atoms with E-state index in [1.165, 1.54) is 83.5 Å². The van der Waals surface area contributed by atoms with E-state index in [1.54, 1.807) is 0 Å². The van der Waals surface area contributed by atoms with Gasteiger partial charge in [0.25, 0.3) is 0 Å². The van der Waals surface area contributed by atoms with Gasteiger partial charge in [0.1, 0.15) is 0 Å². The van der Waals surface area contributed by atoms with Crippen LogP contribution in [-0.2, 0) is 9.53 Å². The maximum atomic E-state index is 11.6. The van der Waals surface area contributed by atoms with Crippen LogP contribution < -0.4 is 0 Å². The standard InChI is InChI=1S/C23H46O2/c1-4-5-6-7-8-9-10-11-12-13-14-18-21-25-23(24)20-17-15-16-19-22(2)3/h22H,4-21H2,1-3H3. The number of hydrogen-bond donors (Lipinski definition) is 0. The SMILES string of the molecule is CCCCCCCCCCCCCCOC(=O)CCCCCC(C)C. The molecular formula is C23H46O2. The van der Waals surface area contributed by atoms with E-state index in [0.717, 1.165) is 25.2 Å². The van der Waals surface area contributed by atoms with Crippen molar-refractivity contribution in [2.75, 3.05) is 6.61 Å². The summed E-state index contributed by atoms with van der Waals surface area (Å²) in [6, 6.07) is 0. The van der Waals surface area contributed by atoms with Crippen molar-refractivity contribution in [3.05, 3.63) is 0 Å². The first-order valence-corrected chi connectivity index (χ1v) is 11.3. The Kier molecular flexibility index (Phi) is 19.4. The van der Waals surface area contributed by atoms with E-state index in [0.29, 0.717) is 13.0 Å². The molecule has 2 nitrogen and oxygen atoms in total. The fourth-order valence-electron chi connectivity index (χ4n) is 3.20. The molecule has 0 heterocycles. The molecule has 0 saturated heterocycles. The van der Waals surface area contributed by atoms with Gasteiger partial charge in [-0.15, -0.1) is 0 Å². The molecule has 0 fully saturated rings. The van der Waals surface area contributed by atoms with Gasteiger partial charge in [0.05, 0.1) is 6.61 Å². The topological polar surface area (TPSA) is 26.3 Å². The van der Waals surface area contributed by atoms with Gasteiger partial charge >= 0.3 is 5.97 Å². The Balaban J connectivity index is 3.13. The molecule has 0 atom stereocenters. The van der Waals surface area contributed by atoms with Crippen molar-refractivity contribution in [2.45, 2.75) is 130 Å². The fourth-order valence-corrected chi connectivity index (χ4v) is 3.20. The van der Waals surface area contributed by atoms with Gasteiger partial charge in [-0.1, -0.05) is 111 Å². The Hall–Kier alpha value is -0.530. The Morgan fingerprint density at radius 1 is 0.680 bits per heavy atom. The molecule has 0 aromatic heterocycles. The Morgan fingerprint density at radius 3 is 1.68 bits per heavy atom. The zero-order chi connectivity index (χ0) is 18.6. The van der Waals surface area contributed by atoms with Crippen molar-refractivity contribution >= 4 is 5.97 Å². The van der Waals surface area contributed by atoms with Crippen LogP contribution in [0, 0.1) is 5.92 Å². The molecule has 0 aromatic rings. The predicted molar refractivity (Wildman–Crippen MR) is 110 cm³/mol. The quantitative estimate of drug-likeness (QED) is 0.174. The molecule has 0 bridgehead atoms. The van der Waals surface area contributed by atoms with Crippen molar-refractivity contribution in [1.82, 2.24) is 0 Å². The number of unbranched alkanes of at least 4 members (excludes halogenated alkanes) is 13. The van der Waals surface area contributed by atoms with Gasteiger partial charge in [-0.3, -0.25) is 4.79 Å². The maximum absolute atomic E-state index is 11.6. The highest BCUT2D eigenvalue weighted by atomic mass is 16.5. The van der Waals surface area contributed by atoms with Crippen LogP contribution in [0.4, 0.5) is 0 Å². The lowest BCUT2D eigenvalue weighted by Crippen LogP contribution is -2.05. The summed E-state index contributed by atoms with van der Waals surface area (Å²) in [5.74, 6) is 0.783. The lowest BCUT2D eigenvalue weighted by Gasteiger charge is -2.06. The van der Waals surface area contributed by atoms with Crippen LogP contribution in [0.2, 0.25) is 0 Å². The van der Waals surface area contributed by atoms with Crippen LogP contribution in [-0.4, -0.2) is 12.6 Å². The normalized spacial score (nSPS) is 11.2. The molecule has 0 rings (SSSR count). The van der Waals surface area contributed by atoms with E-state index in [2.05, 4.69) is 20.8 Å². The second-order valence-electron chi connectivity index (χ2n) is 8.10. The first-order valence-electron chi connectivity index (χ1n) is 11.3. The van der Waals surface area contributed by atoms with Gasteiger partial charge in [-0.25, -0.2) is 0 Å². The molecule has 0 N–H and O–H groups in total. The summed E-state index contributed by atoms with van der Waals surface area (Å²) in [6.45, 7) is 7.41. The first kappa shape index (κ1) is 24.5. The Morgan fingerprint density at radius 2 is 1.16 bits per heavy atom. The van der Waals surface area contributed by atoms with Gasteiger partial charge in [0.2, 0.25) is 0 Å². The van der Waals surface area contributed by atoms with Crippen LogP contribution in [0.3, 0.4) is 0 Å². The summed E-state index contributed by atoms with van der Waals surface area (Å²) in [7, 11) is 0. The zero-order valence-corrected chi connectivity index (χ0v) is 17.6. The van der Waals surface area contributed by atoms with E-state index >= 15 is 0 Å². The predicted octanol–water partition coefficient (Wildman–Crippen LogP) is 7.84. The largest absolute Gasteiger partial charge is 0.466 e. The number of carbonyl (C=O) groups excluding carboxylic acids is 1. The summed E-state index contributed by atoms with van der Waals surface area (Å²) < 4.78 is 5.32. The molecule has 0 amide bonds. The minimum absolute atomic E-state index is 0.00706. The monoisotopic (exact) mass is 354 g/mol. The van der Waals surface area contributed by atoms with E-state index in [1.807, 2.05) is 0 Å². The summed E-state index contributed by atoms with van der Waals surface area (Å²) >= 11 is 0. The van der Waals surface area contributed by atoms with Crippen LogP contribution in [0.25, 0.3) is 0 Å². The van der Waals surface area contributed by atoms with Gasteiger partial charge < -0.3 is 4.74 Å². The number of hydrogen-bond acceptors (Lipinski definition) is 2. The summed E-state index contributed by atoms with van der Waals surface area (Å²) in [4.78, 5) is 11.6. The molecule has 25 heavy (non-hydrogen) atoms. The van der Waals surface area contributed by atoms with Crippen LogP contribution in [0.5, 0.6) is 0 Å². The molecule has 0 aromatic carbocycles. The highest BCUT2D eigenvalue weighted by Crippen LogP contribution is 2.12. The minimum atomic E-state index is 0.00706. The van der Waals surface area contributed by atoms with E-state index < -0.39 is 0 Å². The molecule has 2 heteroatoms. The number of esters is 1. The number of carbonyl (C=O) groups is 1. The molecule has 0 aliphatic heterocycles. The Labute approximate surface area is 158 Å². The highest BCUT2D eigenvalue weighted by Gasteiger charge is 2.03. The van der Waals surface area contributed by atoms with E-state index in [4.69, 9.17) is 4.74 Å². The van der Waals surface area contributed by atoms with Crippen LogP contribution >= 0.6 is 0 Å². The molecule has 0 spiro atoms. The third-order valence-corrected chi connectivity index (χ3v) is 4.92. The van der Waals surface area contributed by atoms with Crippen molar-refractivity contribution in [2.24, 2.45) is 5.92 Å². The smallest absolute Gasteiger partial charge is 0.305 e. The number of rotatable bonds is 19. The average Bonchev–Trinajstić information content (AvgIpc) is 2.58. The van der Waals surface area contributed by atoms with Crippen LogP contribution in [0.15, 0.2) is 0 Å². The van der Waals surface area contributed by atoms with Gasteiger partial charge in [0.15, 0.2) is 0 Å². The average molecular weight is 355 g/mol. The lowest BCUT2D eigenvalue weighted by molar-refractivity contribution is -0.143. The molecule has 0 aliphatic rings. The fraction of sp³-hybridized carbons (Fsp3) is 0.957. The summed E-state index contributed by atoms with van der Waals surface area (Å²) in [5, 5.41) is 0. The van der Waals surface area contributed by atoms with E-state index in [-0.39, 0.29) is 5.97 Å². The molecule has 0 aliphatic carbocycles. The summed E-state index contributed by atoms with van der Waals surface area (Å²) in [6.07, 6.45) is 21.4. The lowest BCUT2D eigenvalue weighted by atomic mass is 10.0. The van der Waals surface area contributed by atoms with Crippen molar-refractivity contribution in [3.8, 4) is 0 Å². The molecular weight excluding hydrogens is 308 g/mol. The first-order chi connectivity index (χ1) is 12.2. The van der Waals surface area contributed by atoms with Crippen molar-refractivity contribution < 1.29 is 9.53 Å². The Bertz CT molecular complexity index is 273. The number of ether oxygens (including phenoxy) is 1. The third kappa shape index (κ3) is 21.4. The summed E-state index contributed by atoms with van der Waals surface area (Å²) in [5.41, 5.74) is 0. The van der Waals surface area contributed by atoms with Gasteiger partial charge in [-0.05, 0) is 18.8 Å². The third-order valence-electron chi connectivity index (χ3n) is 4.92. The van der Waals surface area contributed by atoms with E-state index in [9.17, 15) is 4.79 Å². The second kappa shape index (κ2) is 19.8. The molecule has 0 saturated carbocycles. The van der Waals surface area contributed by atoms with Crippen molar-refractivity contribution in [3.63, 3.8) is 0 Å².